The summed E-state index contributed by atoms with van der Waals surface area (Å²) in [6.45, 7) is 7.77. The zero-order valence-corrected chi connectivity index (χ0v) is 10.6. The van der Waals surface area contributed by atoms with E-state index in [1.54, 1.807) is 7.11 Å². The molecule has 0 saturated carbocycles. The van der Waals surface area contributed by atoms with Crippen LogP contribution in [0, 0.1) is 5.92 Å². The van der Waals surface area contributed by atoms with Crippen LogP contribution in [0.5, 0.6) is 0 Å². The van der Waals surface area contributed by atoms with Crippen molar-refractivity contribution < 1.29 is 4.74 Å². The molecule has 0 aliphatic carbocycles. The molecule has 15 heavy (non-hydrogen) atoms. The van der Waals surface area contributed by atoms with Gasteiger partial charge in [0.1, 0.15) is 0 Å². The number of likely N-dealkylation sites (tertiary alicyclic amines) is 1. The molecule has 1 atom stereocenters. The number of hydrogen-bond donors (Lipinski definition) is 1. The topological polar surface area (TPSA) is 24.5 Å². The Balaban J connectivity index is 2.31. The predicted molar refractivity (Wildman–Crippen MR) is 64.2 cm³/mol. The van der Waals surface area contributed by atoms with E-state index in [-0.39, 0.29) is 0 Å². The van der Waals surface area contributed by atoms with Crippen LogP contribution in [0.3, 0.4) is 0 Å². The number of ether oxygens (including phenoxy) is 1. The molecule has 1 saturated heterocycles. The summed E-state index contributed by atoms with van der Waals surface area (Å²) < 4.78 is 5.26. The smallest absolute Gasteiger partial charge is 0.0618 e. The molecule has 0 amide bonds. The van der Waals surface area contributed by atoms with Crippen LogP contribution in [0.25, 0.3) is 0 Å². The Morgan fingerprint density at radius 3 is 2.40 bits per heavy atom. The Hall–Kier alpha value is -0.120. The van der Waals surface area contributed by atoms with Crippen LogP contribution in [-0.4, -0.2) is 50.8 Å². The van der Waals surface area contributed by atoms with E-state index >= 15 is 0 Å². The maximum Gasteiger partial charge on any atom is 0.0618 e. The molecular formula is C12H26N2O. The second-order valence-electron chi connectivity index (χ2n) is 5.05. The van der Waals surface area contributed by atoms with E-state index in [1.165, 1.54) is 25.9 Å². The predicted octanol–water partition coefficient (Wildman–Crippen LogP) is 1.34. The molecule has 0 spiro atoms. The maximum absolute atomic E-state index is 5.26. The highest BCUT2D eigenvalue weighted by molar-refractivity contribution is 4.80. The standard InChI is InChI=1S/C12H26N2O/c1-10(2)12(9-15-4)13-11-5-7-14(3)8-6-11/h10-13H,5-9H2,1-4H3. The molecular weight excluding hydrogens is 188 g/mol. The van der Waals surface area contributed by atoms with Gasteiger partial charge in [-0.2, -0.15) is 0 Å². The minimum absolute atomic E-state index is 0.503. The molecule has 1 aliphatic heterocycles. The Kier molecular flexibility index (Phi) is 5.58. The summed E-state index contributed by atoms with van der Waals surface area (Å²) in [5.41, 5.74) is 0. The molecule has 0 aromatic heterocycles. The molecule has 1 heterocycles. The van der Waals surface area contributed by atoms with Gasteiger partial charge in [0, 0.05) is 19.2 Å². The quantitative estimate of drug-likeness (QED) is 0.747. The van der Waals surface area contributed by atoms with Gasteiger partial charge in [-0.3, -0.25) is 0 Å². The van der Waals surface area contributed by atoms with E-state index in [9.17, 15) is 0 Å². The fourth-order valence-corrected chi connectivity index (χ4v) is 2.09. The lowest BCUT2D eigenvalue weighted by molar-refractivity contribution is 0.128. The van der Waals surface area contributed by atoms with Gasteiger partial charge in [0.05, 0.1) is 6.61 Å². The van der Waals surface area contributed by atoms with Crippen molar-refractivity contribution in [3.63, 3.8) is 0 Å². The number of rotatable bonds is 5. The highest BCUT2D eigenvalue weighted by Crippen LogP contribution is 2.11. The molecule has 3 nitrogen and oxygen atoms in total. The van der Waals surface area contributed by atoms with Crippen LogP contribution < -0.4 is 5.32 Å². The lowest BCUT2D eigenvalue weighted by atomic mass is 10.00. The number of hydrogen-bond acceptors (Lipinski definition) is 3. The molecule has 3 heteroatoms. The number of nitrogens with zero attached hydrogens (tertiary/aromatic N) is 1. The lowest BCUT2D eigenvalue weighted by Crippen LogP contribution is -2.48. The van der Waals surface area contributed by atoms with Gasteiger partial charge in [-0.05, 0) is 38.9 Å². The van der Waals surface area contributed by atoms with Gasteiger partial charge in [0.2, 0.25) is 0 Å². The SMILES string of the molecule is COCC(NC1CCN(C)CC1)C(C)C. The summed E-state index contributed by atoms with van der Waals surface area (Å²) in [6, 6.07) is 1.19. The third kappa shape index (κ3) is 4.49. The lowest BCUT2D eigenvalue weighted by Gasteiger charge is -2.33. The zero-order valence-electron chi connectivity index (χ0n) is 10.6. The zero-order chi connectivity index (χ0) is 11.3. The molecule has 1 fully saturated rings. The van der Waals surface area contributed by atoms with E-state index in [1.807, 2.05) is 0 Å². The average molecular weight is 214 g/mol. The molecule has 1 N–H and O–H groups in total. The molecule has 0 radical (unpaired) electrons. The fourth-order valence-electron chi connectivity index (χ4n) is 2.09. The number of piperidine rings is 1. The van der Waals surface area contributed by atoms with Crippen molar-refractivity contribution in [1.29, 1.82) is 0 Å². The highest BCUT2D eigenvalue weighted by Gasteiger charge is 2.21. The van der Waals surface area contributed by atoms with Gasteiger partial charge in [0.15, 0.2) is 0 Å². The number of nitrogens with one attached hydrogen (secondary N) is 1. The van der Waals surface area contributed by atoms with Gasteiger partial charge in [-0.1, -0.05) is 13.8 Å². The van der Waals surface area contributed by atoms with Gasteiger partial charge < -0.3 is 15.0 Å². The van der Waals surface area contributed by atoms with E-state index in [0.717, 1.165) is 6.61 Å². The summed E-state index contributed by atoms with van der Waals surface area (Å²) >= 11 is 0. The Morgan fingerprint density at radius 2 is 1.93 bits per heavy atom. The first-order valence-electron chi connectivity index (χ1n) is 6.07. The van der Waals surface area contributed by atoms with Crippen molar-refractivity contribution in [2.75, 3.05) is 33.9 Å². The summed E-state index contributed by atoms with van der Waals surface area (Å²) in [7, 11) is 3.98. The third-order valence-electron chi connectivity index (χ3n) is 3.32. The molecule has 90 valence electrons. The monoisotopic (exact) mass is 214 g/mol. The van der Waals surface area contributed by atoms with Crippen molar-refractivity contribution in [3.8, 4) is 0 Å². The Bertz CT molecular complexity index is 165. The van der Waals surface area contributed by atoms with E-state index in [2.05, 4.69) is 31.1 Å². The van der Waals surface area contributed by atoms with Crippen LogP contribution >= 0.6 is 0 Å². The molecule has 0 aromatic carbocycles. The van der Waals surface area contributed by atoms with Gasteiger partial charge >= 0.3 is 0 Å². The third-order valence-corrected chi connectivity index (χ3v) is 3.32. The van der Waals surface area contributed by atoms with Crippen molar-refractivity contribution in [3.05, 3.63) is 0 Å². The van der Waals surface area contributed by atoms with Crippen molar-refractivity contribution in [1.82, 2.24) is 10.2 Å². The second kappa shape index (κ2) is 6.46. The Morgan fingerprint density at radius 1 is 1.33 bits per heavy atom. The normalized spacial score (nSPS) is 22.2. The molecule has 1 rings (SSSR count). The summed E-state index contributed by atoms with van der Waals surface area (Å²) in [5.74, 6) is 0.643. The van der Waals surface area contributed by atoms with Crippen LogP contribution in [-0.2, 0) is 4.74 Å². The van der Waals surface area contributed by atoms with Gasteiger partial charge in [-0.15, -0.1) is 0 Å². The molecule has 0 bridgehead atoms. The van der Waals surface area contributed by atoms with Crippen LogP contribution in [0.1, 0.15) is 26.7 Å². The van der Waals surface area contributed by atoms with Crippen LogP contribution in [0.2, 0.25) is 0 Å². The Labute approximate surface area is 94.2 Å². The summed E-state index contributed by atoms with van der Waals surface area (Å²) in [6.07, 6.45) is 2.53. The first kappa shape index (κ1) is 12.9. The van der Waals surface area contributed by atoms with E-state index < -0.39 is 0 Å². The largest absolute Gasteiger partial charge is 0.383 e. The van der Waals surface area contributed by atoms with Crippen LogP contribution in [0.15, 0.2) is 0 Å². The van der Waals surface area contributed by atoms with Gasteiger partial charge in [0.25, 0.3) is 0 Å². The van der Waals surface area contributed by atoms with Crippen molar-refractivity contribution in [2.24, 2.45) is 5.92 Å². The second-order valence-corrected chi connectivity index (χ2v) is 5.05. The first-order valence-corrected chi connectivity index (χ1v) is 6.07. The van der Waals surface area contributed by atoms with Crippen LogP contribution in [0.4, 0.5) is 0 Å². The number of methoxy groups -OCH3 is 1. The molecule has 1 unspecified atom stereocenters. The minimum Gasteiger partial charge on any atom is -0.383 e. The average Bonchev–Trinajstić information content (AvgIpc) is 2.20. The first-order chi connectivity index (χ1) is 7.13. The van der Waals surface area contributed by atoms with Gasteiger partial charge in [-0.25, -0.2) is 0 Å². The highest BCUT2D eigenvalue weighted by atomic mass is 16.5. The fraction of sp³-hybridized carbons (Fsp3) is 1.00. The minimum atomic E-state index is 0.503. The summed E-state index contributed by atoms with van der Waals surface area (Å²) in [4.78, 5) is 2.40. The van der Waals surface area contributed by atoms with E-state index in [0.29, 0.717) is 18.0 Å². The molecule has 1 aliphatic rings. The van der Waals surface area contributed by atoms with Crippen molar-refractivity contribution in [2.45, 2.75) is 38.8 Å². The maximum atomic E-state index is 5.26. The molecule has 0 aromatic rings. The summed E-state index contributed by atoms with van der Waals surface area (Å²) in [5, 5.41) is 3.73. The van der Waals surface area contributed by atoms with E-state index in [4.69, 9.17) is 4.74 Å². The van der Waals surface area contributed by atoms with Crippen molar-refractivity contribution >= 4 is 0 Å².